The number of carbonyl (C=O) groups excluding carboxylic acids is 1. The second-order valence-corrected chi connectivity index (χ2v) is 8.76. The van der Waals surface area contributed by atoms with Gasteiger partial charge in [0, 0.05) is 13.0 Å². The Kier molecular flexibility index (Phi) is 24.7. The van der Waals surface area contributed by atoms with Crippen molar-refractivity contribution in [1.82, 2.24) is 0 Å². The minimum atomic E-state index is -0.525. The molecule has 1 atom stereocenters. The summed E-state index contributed by atoms with van der Waals surface area (Å²) in [5, 5.41) is 9.29. The van der Waals surface area contributed by atoms with Crippen molar-refractivity contribution in [3.05, 3.63) is 12.2 Å². The van der Waals surface area contributed by atoms with Crippen molar-refractivity contribution in [2.45, 2.75) is 136 Å². The molecule has 0 saturated carbocycles. The fourth-order valence-electron chi connectivity index (χ4n) is 3.53. The molecule has 0 spiro atoms. The third-order valence-corrected chi connectivity index (χ3v) is 5.59. The van der Waals surface area contributed by atoms with Crippen LogP contribution >= 0.6 is 0 Å². The zero-order valence-electron chi connectivity index (χ0n) is 20.8. The van der Waals surface area contributed by atoms with Gasteiger partial charge < -0.3 is 14.6 Å². The van der Waals surface area contributed by atoms with Crippen LogP contribution in [0.1, 0.15) is 129 Å². The maximum absolute atomic E-state index is 11.6. The Hall–Kier alpha value is -0.870. The van der Waals surface area contributed by atoms with Crippen LogP contribution in [0, 0.1) is 0 Å². The summed E-state index contributed by atoms with van der Waals surface area (Å²) in [4.78, 5) is 11.6. The Morgan fingerprint density at radius 3 is 1.81 bits per heavy atom. The largest absolute Gasteiger partial charge is 0.457 e. The highest BCUT2D eigenvalue weighted by Crippen LogP contribution is 2.10. The number of aliphatic hydroxyl groups is 1. The second kappa shape index (κ2) is 25.4. The number of unbranched alkanes of at least 4 members (excludes halogenated alkanes) is 14. The number of esters is 1. The Morgan fingerprint density at radius 2 is 1.26 bits per heavy atom. The molecule has 0 radical (unpaired) electrons. The van der Waals surface area contributed by atoms with Gasteiger partial charge in [0.1, 0.15) is 6.10 Å². The van der Waals surface area contributed by atoms with Crippen LogP contribution in [0.5, 0.6) is 0 Å². The number of rotatable bonds is 24. The third kappa shape index (κ3) is 23.6. The zero-order chi connectivity index (χ0) is 22.8. The second-order valence-electron chi connectivity index (χ2n) is 8.76. The highest BCUT2D eigenvalue weighted by molar-refractivity contribution is 5.69. The van der Waals surface area contributed by atoms with Gasteiger partial charge in [-0.3, -0.25) is 4.79 Å². The molecule has 0 aromatic heterocycles. The van der Waals surface area contributed by atoms with Crippen molar-refractivity contribution in [1.29, 1.82) is 0 Å². The van der Waals surface area contributed by atoms with E-state index in [1.165, 1.54) is 89.9 Å². The fourth-order valence-corrected chi connectivity index (χ4v) is 3.53. The van der Waals surface area contributed by atoms with E-state index in [0.717, 1.165) is 19.3 Å². The molecule has 184 valence electrons. The van der Waals surface area contributed by atoms with E-state index in [9.17, 15) is 9.90 Å². The maximum Gasteiger partial charge on any atom is 0.306 e. The molecule has 0 aromatic carbocycles. The van der Waals surface area contributed by atoms with Gasteiger partial charge in [-0.2, -0.15) is 0 Å². The van der Waals surface area contributed by atoms with Crippen LogP contribution in [-0.2, 0) is 14.3 Å². The van der Waals surface area contributed by atoms with Crippen LogP contribution in [-0.4, -0.2) is 37.0 Å². The fraction of sp³-hybridized carbons (Fsp3) is 0.889. The average molecular weight is 441 g/mol. The first kappa shape index (κ1) is 30.1. The lowest BCUT2D eigenvalue weighted by atomic mass is 10.1. The Labute approximate surface area is 193 Å². The standard InChI is InChI=1S/C27H52O4/c1-3-5-7-8-9-10-11-12-13-14-15-16-17-18-19-20-21-23-30-25-26(24-28)31-27(29)22-6-4-2/h13-14,26,28H,3-12,15-25H2,1-2H3/b14-13-. The zero-order valence-corrected chi connectivity index (χ0v) is 20.8. The van der Waals surface area contributed by atoms with Gasteiger partial charge in [0.05, 0.1) is 13.2 Å². The Bertz CT molecular complexity index is 395. The van der Waals surface area contributed by atoms with Crippen LogP contribution in [0.3, 0.4) is 0 Å². The van der Waals surface area contributed by atoms with E-state index < -0.39 is 6.10 Å². The molecular weight excluding hydrogens is 388 g/mol. The van der Waals surface area contributed by atoms with Crippen molar-refractivity contribution in [2.75, 3.05) is 19.8 Å². The predicted octanol–water partition coefficient (Wildman–Crippen LogP) is 7.52. The first-order valence-corrected chi connectivity index (χ1v) is 13.3. The molecule has 4 heteroatoms. The SMILES string of the molecule is CCCCCCCCC/C=C\CCCCCCCCOCC(CO)OC(=O)CCCC. The molecular formula is C27H52O4. The number of allylic oxidation sites excluding steroid dienone is 2. The molecule has 0 amide bonds. The van der Waals surface area contributed by atoms with Crippen molar-refractivity contribution in [3.63, 3.8) is 0 Å². The van der Waals surface area contributed by atoms with Crippen LogP contribution in [0.4, 0.5) is 0 Å². The lowest BCUT2D eigenvalue weighted by Gasteiger charge is -2.15. The van der Waals surface area contributed by atoms with Crippen molar-refractivity contribution < 1.29 is 19.4 Å². The average Bonchev–Trinajstić information content (AvgIpc) is 2.78. The number of ether oxygens (including phenoxy) is 2. The molecule has 0 aliphatic rings. The van der Waals surface area contributed by atoms with Gasteiger partial charge in [-0.15, -0.1) is 0 Å². The first-order chi connectivity index (χ1) is 15.2. The number of hydrogen-bond acceptors (Lipinski definition) is 4. The van der Waals surface area contributed by atoms with E-state index in [2.05, 4.69) is 19.1 Å². The molecule has 4 nitrogen and oxygen atoms in total. The van der Waals surface area contributed by atoms with E-state index in [1.54, 1.807) is 0 Å². The van der Waals surface area contributed by atoms with Gasteiger partial charge in [0.15, 0.2) is 0 Å². The quantitative estimate of drug-likeness (QED) is 0.0957. The molecule has 0 heterocycles. The van der Waals surface area contributed by atoms with Gasteiger partial charge in [-0.25, -0.2) is 0 Å². The maximum atomic E-state index is 11.6. The lowest BCUT2D eigenvalue weighted by Crippen LogP contribution is -2.27. The highest BCUT2D eigenvalue weighted by Gasteiger charge is 2.13. The molecule has 1 N–H and O–H groups in total. The normalized spacial score (nSPS) is 12.5. The molecule has 0 saturated heterocycles. The summed E-state index contributed by atoms with van der Waals surface area (Å²) in [5.74, 6) is -0.239. The molecule has 0 fully saturated rings. The lowest BCUT2D eigenvalue weighted by molar-refractivity contribution is -0.154. The molecule has 31 heavy (non-hydrogen) atoms. The third-order valence-electron chi connectivity index (χ3n) is 5.59. The van der Waals surface area contributed by atoms with Gasteiger partial charge >= 0.3 is 5.97 Å². The monoisotopic (exact) mass is 440 g/mol. The molecule has 0 aromatic rings. The van der Waals surface area contributed by atoms with Crippen LogP contribution in [0.25, 0.3) is 0 Å². The summed E-state index contributed by atoms with van der Waals surface area (Å²) < 4.78 is 10.8. The topological polar surface area (TPSA) is 55.8 Å². The minimum absolute atomic E-state index is 0.175. The van der Waals surface area contributed by atoms with Gasteiger partial charge in [-0.1, -0.05) is 96.6 Å². The molecule has 0 rings (SSSR count). The van der Waals surface area contributed by atoms with Crippen LogP contribution in [0.15, 0.2) is 12.2 Å². The van der Waals surface area contributed by atoms with Crippen molar-refractivity contribution in [3.8, 4) is 0 Å². The predicted molar refractivity (Wildman–Crippen MR) is 131 cm³/mol. The molecule has 0 aliphatic carbocycles. The molecule has 1 unspecified atom stereocenters. The summed E-state index contributed by atoms with van der Waals surface area (Å²) in [7, 11) is 0. The van der Waals surface area contributed by atoms with Crippen LogP contribution < -0.4 is 0 Å². The first-order valence-electron chi connectivity index (χ1n) is 13.3. The number of aliphatic hydroxyl groups excluding tert-OH is 1. The van der Waals surface area contributed by atoms with E-state index >= 15 is 0 Å². The van der Waals surface area contributed by atoms with Gasteiger partial charge in [0.25, 0.3) is 0 Å². The van der Waals surface area contributed by atoms with E-state index in [0.29, 0.717) is 19.6 Å². The number of carbonyl (C=O) groups is 1. The minimum Gasteiger partial charge on any atom is -0.457 e. The number of hydrogen-bond donors (Lipinski definition) is 1. The van der Waals surface area contributed by atoms with Crippen LogP contribution in [0.2, 0.25) is 0 Å². The van der Waals surface area contributed by atoms with Gasteiger partial charge in [0.2, 0.25) is 0 Å². The Balaban J connectivity index is 3.32. The highest BCUT2D eigenvalue weighted by atomic mass is 16.6. The molecule has 0 aliphatic heterocycles. The van der Waals surface area contributed by atoms with Gasteiger partial charge in [-0.05, 0) is 38.5 Å². The summed E-state index contributed by atoms with van der Waals surface area (Å²) in [6.07, 6.45) is 26.0. The van der Waals surface area contributed by atoms with E-state index in [4.69, 9.17) is 9.47 Å². The molecule has 0 bridgehead atoms. The van der Waals surface area contributed by atoms with E-state index in [-0.39, 0.29) is 12.6 Å². The van der Waals surface area contributed by atoms with Crippen molar-refractivity contribution in [2.24, 2.45) is 0 Å². The van der Waals surface area contributed by atoms with E-state index in [1.807, 2.05) is 6.92 Å². The summed E-state index contributed by atoms with van der Waals surface area (Å²) in [6, 6.07) is 0. The summed E-state index contributed by atoms with van der Waals surface area (Å²) in [5.41, 5.74) is 0. The smallest absolute Gasteiger partial charge is 0.306 e. The summed E-state index contributed by atoms with van der Waals surface area (Å²) >= 11 is 0. The van der Waals surface area contributed by atoms with Crippen molar-refractivity contribution >= 4 is 5.97 Å². The Morgan fingerprint density at radius 1 is 0.742 bits per heavy atom. The summed E-state index contributed by atoms with van der Waals surface area (Å²) in [6.45, 7) is 5.10.